The number of anilines is 1. The Kier molecular flexibility index (Phi) is 5.43. The molecule has 2 aromatic heterocycles. The van der Waals surface area contributed by atoms with Crippen LogP contribution in [0, 0.1) is 25.2 Å². The Morgan fingerprint density at radius 1 is 1.08 bits per heavy atom. The lowest BCUT2D eigenvalue weighted by Gasteiger charge is -2.40. The molecule has 1 aliphatic rings. The van der Waals surface area contributed by atoms with E-state index in [2.05, 4.69) is 16.2 Å². The second-order valence-corrected chi connectivity index (χ2v) is 11.6. The summed E-state index contributed by atoms with van der Waals surface area (Å²) in [5.41, 5.74) is 8.99. The van der Waals surface area contributed by atoms with Crippen LogP contribution in [0.3, 0.4) is 0 Å². The molecule has 38 heavy (non-hydrogen) atoms. The van der Waals surface area contributed by atoms with Crippen LogP contribution in [-0.2, 0) is 0 Å². The van der Waals surface area contributed by atoms with Gasteiger partial charge in [-0.2, -0.15) is 10.4 Å². The van der Waals surface area contributed by atoms with Crippen LogP contribution in [0.4, 0.5) is 25.1 Å². The smallest absolute Gasteiger partial charge is 0.310 e. The molecule has 8 nitrogen and oxygen atoms in total. The standard InChI is InChI=1S/C24H22F5N7OS/c1-14-3-4-19(33-24(37)17-5-16(10-30)6-20(7-17)38(25,26,27,28)29)8-22(14)35-13-15(2)36-23(35)9-21(34-36)18-11-31-32-12-18/h3-9,13,18,31-32H,11-12H2,1-2H3,(H,33,37). The number of nitrogens with one attached hydrogen (secondary N) is 3. The zero-order valence-electron chi connectivity index (χ0n) is 20.1. The van der Waals surface area contributed by atoms with Crippen LogP contribution in [0.2, 0.25) is 0 Å². The Hall–Kier alpha value is -3.93. The molecule has 3 heterocycles. The number of hydrogen-bond donors (Lipinski definition) is 3. The fourth-order valence-electron chi connectivity index (χ4n) is 4.36. The van der Waals surface area contributed by atoms with Gasteiger partial charge in [0.1, 0.15) is 10.5 Å². The van der Waals surface area contributed by atoms with Crippen molar-refractivity contribution in [2.45, 2.75) is 24.7 Å². The van der Waals surface area contributed by atoms with Crippen LogP contribution in [0.1, 0.15) is 38.8 Å². The molecule has 0 atom stereocenters. The number of carbonyl (C=O) groups is 1. The number of aryl methyl sites for hydroxylation is 2. The Labute approximate surface area is 213 Å². The highest BCUT2D eigenvalue weighted by molar-refractivity contribution is 8.45. The number of nitriles is 1. The molecule has 0 unspecified atom stereocenters. The highest BCUT2D eigenvalue weighted by Gasteiger charge is 2.65. The highest BCUT2D eigenvalue weighted by atomic mass is 32.5. The van der Waals surface area contributed by atoms with Gasteiger partial charge in [0.2, 0.25) is 0 Å². The van der Waals surface area contributed by atoms with E-state index in [-0.39, 0.29) is 23.7 Å². The van der Waals surface area contributed by atoms with E-state index in [0.29, 0.717) is 5.69 Å². The van der Waals surface area contributed by atoms with Gasteiger partial charge in [0.15, 0.2) is 0 Å². The number of aromatic nitrogens is 3. The molecular formula is C24H22F5N7OS. The van der Waals surface area contributed by atoms with E-state index >= 15 is 0 Å². The zero-order chi connectivity index (χ0) is 27.5. The number of imidazole rings is 1. The summed E-state index contributed by atoms with van der Waals surface area (Å²) in [6, 6.07) is 9.17. The van der Waals surface area contributed by atoms with Crippen molar-refractivity contribution in [3.05, 3.63) is 76.7 Å². The summed E-state index contributed by atoms with van der Waals surface area (Å²) in [6.45, 7) is 5.21. The minimum Gasteiger partial charge on any atom is -0.322 e. The maximum absolute atomic E-state index is 13.4. The van der Waals surface area contributed by atoms with Gasteiger partial charge in [0.25, 0.3) is 5.91 Å². The van der Waals surface area contributed by atoms with E-state index in [9.17, 15) is 24.2 Å². The molecule has 4 aromatic rings. The van der Waals surface area contributed by atoms with Crippen LogP contribution < -0.4 is 16.2 Å². The van der Waals surface area contributed by atoms with Crippen molar-refractivity contribution in [3.63, 3.8) is 0 Å². The minimum absolute atomic E-state index is 0.0411. The Bertz CT molecular complexity index is 1650. The molecule has 0 saturated carbocycles. The molecule has 0 spiro atoms. The largest absolute Gasteiger partial charge is 0.322 e. The lowest BCUT2D eigenvalue weighted by atomic mass is 10.1. The zero-order valence-corrected chi connectivity index (χ0v) is 20.9. The van der Waals surface area contributed by atoms with E-state index in [4.69, 9.17) is 10.4 Å². The molecule has 1 aliphatic heterocycles. The summed E-state index contributed by atoms with van der Waals surface area (Å²) in [7, 11) is -10.1. The first-order valence-corrected chi connectivity index (χ1v) is 13.3. The number of nitrogens with zero attached hydrogens (tertiary/aromatic N) is 4. The fraction of sp³-hybridized carbons (Fsp3) is 0.208. The lowest BCUT2D eigenvalue weighted by Crippen LogP contribution is -2.21. The second-order valence-electron chi connectivity index (χ2n) is 9.22. The Balaban J connectivity index is 1.50. The molecule has 3 N–H and O–H groups in total. The molecule has 1 saturated heterocycles. The molecule has 1 fully saturated rings. The van der Waals surface area contributed by atoms with E-state index in [0.717, 1.165) is 41.8 Å². The lowest BCUT2D eigenvalue weighted by molar-refractivity contribution is 0.102. The third-order valence-corrected chi connectivity index (χ3v) is 7.44. The van der Waals surface area contributed by atoms with E-state index in [1.807, 2.05) is 30.7 Å². The minimum atomic E-state index is -10.1. The number of carbonyl (C=O) groups excluding carboxylic acids is 1. The molecule has 0 aliphatic carbocycles. The molecule has 0 bridgehead atoms. The van der Waals surface area contributed by atoms with Gasteiger partial charge in [-0.05, 0) is 49.7 Å². The van der Waals surface area contributed by atoms with Gasteiger partial charge in [-0.15, -0.1) is 0 Å². The van der Waals surface area contributed by atoms with Crippen LogP contribution in [-0.4, -0.2) is 33.2 Å². The summed E-state index contributed by atoms with van der Waals surface area (Å²) in [4.78, 5) is 10.5. The van der Waals surface area contributed by atoms with Crippen molar-refractivity contribution in [3.8, 4) is 11.8 Å². The number of rotatable bonds is 5. The number of fused-ring (bicyclic) bond motifs is 1. The number of halogens is 5. The van der Waals surface area contributed by atoms with Crippen LogP contribution in [0.5, 0.6) is 0 Å². The Morgan fingerprint density at radius 3 is 2.45 bits per heavy atom. The van der Waals surface area contributed by atoms with Crippen molar-refractivity contribution in [2.24, 2.45) is 0 Å². The van der Waals surface area contributed by atoms with Gasteiger partial charge < -0.3 is 5.32 Å². The van der Waals surface area contributed by atoms with Crippen molar-refractivity contribution >= 4 is 27.5 Å². The van der Waals surface area contributed by atoms with Crippen molar-refractivity contribution in [1.82, 2.24) is 25.0 Å². The van der Waals surface area contributed by atoms with Gasteiger partial charge >= 0.3 is 10.2 Å². The number of hydrogen-bond acceptors (Lipinski definition) is 5. The van der Waals surface area contributed by atoms with Gasteiger partial charge in [-0.3, -0.25) is 20.2 Å². The van der Waals surface area contributed by atoms with Crippen LogP contribution >= 0.6 is 10.2 Å². The van der Waals surface area contributed by atoms with Crippen LogP contribution in [0.15, 0.2) is 53.6 Å². The van der Waals surface area contributed by atoms with Gasteiger partial charge in [0, 0.05) is 42.5 Å². The van der Waals surface area contributed by atoms with Crippen molar-refractivity contribution in [2.75, 3.05) is 18.4 Å². The molecule has 2 aromatic carbocycles. The molecule has 1 amide bonds. The molecule has 5 rings (SSSR count). The quantitative estimate of drug-likeness (QED) is 0.276. The third-order valence-electron chi connectivity index (χ3n) is 6.32. The number of amides is 1. The predicted octanol–water partition coefficient (Wildman–Crippen LogP) is 5.71. The second kappa shape index (κ2) is 8.03. The van der Waals surface area contributed by atoms with E-state index in [1.165, 1.54) is 6.07 Å². The van der Waals surface area contributed by atoms with Crippen LogP contribution in [0.25, 0.3) is 11.3 Å². The maximum atomic E-state index is 13.4. The number of hydrazine groups is 1. The van der Waals surface area contributed by atoms with Gasteiger partial charge in [-0.25, -0.2) is 4.52 Å². The first-order valence-electron chi connectivity index (χ1n) is 11.4. The number of benzene rings is 2. The third kappa shape index (κ3) is 4.83. The van der Waals surface area contributed by atoms with Crippen molar-refractivity contribution in [1.29, 1.82) is 5.26 Å². The monoisotopic (exact) mass is 551 g/mol. The Morgan fingerprint density at radius 2 is 1.79 bits per heavy atom. The molecular weight excluding hydrogens is 529 g/mol. The summed E-state index contributed by atoms with van der Waals surface area (Å²) in [6.07, 6.45) is 1.86. The van der Waals surface area contributed by atoms with Crippen molar-refractivity contribution < 1.29 is 24.2 Å². The maximum Gasteiger partial charge on any atom is 0.310 e. The topological polar surface area (TPSA) is 99.2 Å². The first kappa shape index (κ1) is 25.7. The molecule has 0 radical (unpaired) electrons. The average molecular weight is 552 g/mol. The van der Waals surface area contributed by atoms with E-state index in [1.54, 1.807) is 22.7 Å². The fourth-order valence-corrected chi connectivity index (χ4v) is 5.06. The summed E-state index contributed by atoms with van der Waals surface area (Å²) >= 11 is 0. The van der Waals surface area contributed by atoms with Gasteiger partial charge in [-0.1, -0.05) is 25.5 Å². The summed E-state index contributed by atoms with van der Waals surface area (Å²) in [5, 5.41) is 16.2. The predicted molar refractivity (Wildman–Crippen MR) is 133 cm³/mol. The average Bonchev–Trinajstić information content (AvgIpc) is 3.57. The van der Waals surface area contributed by atoms with E-state index < -0.39 is 32.2 Å². The molecule has 14 heteroatoms. The molecule has 200 valence electrons. The summed E-state index contributed by atoms with van der Waals surface area (Å²) in [5.74, 6) is -0.878. The first-order chi connectivity index (χ1) is 17.6. The normalized spacial score (nSPS) is 16.3. The highest BCUT2D eigenvalue weighted by Crippen LogP contribution is 3.02. The SMILES string of the molecule is Cc1ccc(NC(=O)c2cc(C#N)cc(S(F)(F)(F)(F)F)c2)cc1-n1cc(C)n2nc(C3CNNC3)cc12. The summed E-state index contributed by atoms with van der Waals surface area (Å²) < 4.78 is 70.6. The van der Waals surface area contributed by atoms with Gasteiger partial charge in [0.05, 0.1) is 28.7 Å².